The van der Waals surface area contributed by atoms with E-state index in [1.165, 1.54) is 10.4 Å². The Hall–Kier alpha value is -2.18. The summed E-state index contributed by atoms with van der Waals surface area (Å²) >= 11 is 0. The molecular formula is C22H28N2O3S. The van der Waals surface area contributed by atoms with Crippen molar-refractivity contribution >= 4 is 15.9 Å². The molecule has 2 aromatic carbocycles. The number of benzene rings is 2. The summed E-state index contributed by atoms with van der Waals surface area (Å²) in [5.74, 6) is 0.281. The lowest BCUT2D eigenvalue weighted by atomic mass is 10.0. The van der Waals surface area contributed by atoms with Gasteiger partial charge in [0.2, 0.25) is 10.0 Å². The molecule has 0 bridgehead atoms. The molecule has 1 N–H and O–H groups in total. The zero-order valence-electron chi connectivity index (χ0n) is 16.7. The van der Waals surface area contributed by atoms with E-state index in [1.807, 2.05) is 44.2 Å². The maximum absolute atomic E-state index is 13.0. The fourth-order valence-corrected chi connectivity index (χ4v) is 4.98. The van der Waals surface area contributed by atoms with Crippen LogP contribution in [0, 0.1) is 12.8 Å². The summed E-state index contributed by atoms with van der Waals surface area (Å²) < 4.78 is 27.6. The smallest absolute Gasteiger partial charge is 0.252 e. The van der Waals surface area contributed by atoms with Crippen molar-refractivity contribution in [1.29, 1.82) is 0 Å². The van der Waals surface area contributed by atoms with Gasteiger partial charge in [-0.15, -0.1) is 0 Å². The highest BCUT2D eigenvalue weighted by molar-refractivity contribution is 7.89. The lowest BCUT2D eigenvalue weighted by molar-refractivity contribution is 0.0939. The number of carbonyl (C=O) groups is 1. The fourth-order valence-electron chi connectivity index (χ4n) is 3.48. The molecule has 28 heavy (non-hydrogen) atoms. The maximum Gasteiger partial charge on any atom is 0.252 e. The standard InChI is InChI=1S/C22H28N2O3S/c1-16-11-13-24(14-12-16)28(26,27)20-10-9-17(2)21(15-20)22(25)23-18(3)19-7-5-4-6-8-19/h4-10,15-16,18H,11-14H2,1-3H3,(H,23,25)/t18-/m1/s1. The van der Waals surface area contributed by atoms with Crippen LogP contribution >= 0.6 is 0 Å². The van der Waals surface area contributed by atoms with Crippen LogP contribution < -0.4 is 5.32 Å². The molecule has 0 saturated carbocycles. The molecule has 3 rings (SSSR count). The lowest BCUT2D eigenvalue weighted by Crippen LogP contribution is -2.38. The first kappa shape index (κ1) is 20.6. The van der Waals surface area contributed by atoms with Gasteiger partial charge in [0.15, 0.2) is 0 Å². The van der Waals surface area contributed by atoms with Gasteiger partial charge in [-0.25, -0.2) is 8.42 Å². The first-order chi connectivity index (χ1) is 13.3. The molecular weight excluding hydrogens is 372 g/mol. The van der Waals surface area contributed by atoms with Crippen molar-refractivity contribution < 1.29 is 13.2 Å². The first-order valence-electron chi connectivity index (χ1n) is 9.75. The van der Waals surface area contributed by atoms with Gasteiger partial charge >= 0.3 is 0 Å². The van der Waals surface area contributed by atoms with Crippen molar-refractivity contribution in [3.8, 4) is 0 Å². The molecule has 0 spiro atoms. The van der Waals surface area contributed by atoms with E-state index >= 15 is 0 Å². The van der Waals surface area contributed by atoms with Crippen LogP contribution in [0.5, 0.6) is 0 Å². The third kappa shape index (κ3) is 4.45. The van der Waals surface area contributed by atoms with Crippen LogP contribution in [0.1, 0.15) is 54.2 Å². The second-order valence-corrected chi connectivity index (χ2v) is 9.61. The fraction of sp³-hybridized carbons (Fsp3) is 0.409. The highest BCUT2D eigenvalue weighted by atomic mass is 32.2. The zero-order chi connectivity index (χ0) is 20.3. The number of sulfonamides is 1. The van der Waals surface area contributed by atoms with Crippen molar-refractivity contribution in [3.05, 3.63) is 65.2 Å². The van der Waals surface area contributed by atoms with Crippen LogP contribution in [-0.4, -0.2) is 31.7 Å². The Kier molecular flexibility index (Phi) is 6.20. The minimum Gasteiger partial charge on any atom is -0.346 e. The average molecular weight is 401 g/mol. The summed E-state index contributed by atoms with van der Waals surface area (Å²) in [6.45, 7) is 6.94. The van der Waals surface area contributed by atoms with Gasteiger partial charge < -0.3 is 5.32 Å². The molecule has 0 aliphatic carbocycles. The van der Waals surface area contributed by atoms with Gasteiger partial charge in [-0.05, 0) is 55.9 Å². The third-order valence-corrected chi connectivity index (χ3v) is 7.38. The summed E-state index contributed by atoms with van der Waals surface area (Å²) in [4.78, 5) is 13.0. The van der Waals surface area contributed by atoms with Crippen molar-refractivity contribution in [2.24, 2.45) is 5.92 Å². The Morgan fingerprint density at radius 1 is 1.11 bits per heavy atom. The number of piperidine rings is 1. The molecule has 1 aliphatic heterocycles. The predicted octanol–water partition coefficient (Wildman–Crippen LogP) is 3.91. The van der Waals surface area contributed by atoms with Gasteiger partial charge in [0.05, 0.1) is 10.9 Å². The van der Waals surface area contributed by atoms with Gasteiger partial charge in [-0.3, -0.25) is 4.79 Å². The molecule has 1 heterocycles. The number of hydrogen-bond acceptors (Lipinski definition) is 3. The van der Waals surface area contributed by atoms with Crippen LogP contribution in [0.2, 0.25) is 0 Å². The first-order valence-corrected chi connectivity index (χ1v) is 11.2. The third-order valence-electron chi connectivity index (χ3n) is 5.48. The van der Waals surface area contributed by atoms with E-state index in [4.69, 9.17) is 0 Å². The number of nitrogens with one attached hydrogen (secondary N) is 1. The Morgan fingerprint density at radius 3 is 2.39 bits per heavy atom. The van der Waals surface area contributed by atoms with Gasteiger partial charge in [-0.1, -0.05) is 43.3 Å². The van der Waals surface area contributed by atoms with E-state index in [0.717, 1.165) is 24.0 Å². The second kappa shape index (κ2) is 8.45. The van der Waals surface area contributed by atoms with Crippen LogP contribution in [0.25, 0.3) is 0 Å². The highest BCUT2D eigenvalue weighted by Gasteiger charge is 2.29. The van der Waals surface area contributed by atoms with Crippen molar-refractivity contribution in [2.45, 2.75) is 44.6 Å². The summed E-state index contributed by atoms with van der Waals surface area (Å²) in [5.41, 5.74) is 2.15. The van der Waals surface area contributed by atoms with E-state index in [1.54, 1.807) is 12.1 Å². The molecule has 0 unspecified atom stereocenters. The molecule has 1 atom stereocenters. The monoisotopic (exact) mass is 400 g/mol. The van der Waals surface area contributed by atoms with Crippen molar-refractivity contribution in [3.63, 3.8) is 0 Å². The molecule has 0 aromatic heterocycles. The summed E-state index contributed by atoms with van der Waals surface area (Å²) in [6.07, 6.45) is 1.74. The Balaban J connectivity index is 1.82. The summed E-state index contributed by atoms with van der Waals surface area (Å²) in [5, 5.41) is 2.97. The quantitative estimate of drug-likeness (QED) is 0.828. The molecule has 6 heteroatoms. The minimum atomic E-state index is -3.59. The summed E-state index contributed by atoms with van der Waals surface area (Å²) in [6, 6.07) is 14.3. The average Bonchev–Trinajstić information content (AvgIpc) is 2.69. The Morgan fingerprint density at radius 2 is 1.75 bits per heavy atom. The Labute approximate surface area is 167 Å². The number of hydrogen-bond donors (Lipinski definition) is 1. The van der Waals surface area contributed by atoms with Crippen LogP contribution in [-0.2, 0) is 10.0 Å². The van der Waals surface area contributed by atoms with Gasteiger partial charge in [0, 0.05) is 18.7 Å². The largest absolute Gasteiger partial charge is 0.346 e. The van der Waals surface area contributed by atoms with Crippen LogP contribution in [0.15, 0.2) is 53.4 Å². The van der Waals surface area contributed by atoms with E-state index in [-0.39, 0.29) is 16.8 Å². The second-order valence-electron chi connectivity index (χ2n) is 7.67. The van der Waals surface area contributed by atoms with Crippen LogP contribution in [0.4, 0.5) is 0 Å². The normalized spacial score (nSPS) is 17.2. The van der Waals surface area contributed by atoms with Crippen LogP contribution in [0.3, 0.4) is 0 Å². The van der Waals surface area contributed by atoms with Crippen molar-refractivity contribution in [1.82, 2.24) is 9.62 Å². The number of amides is 1. The number of aryl methyl sites for hydroxylation is 1. The van der Waals surface area contributed by atoms with Gasteiger partial charge in [-0.2, -0.15) is 4.31 Å². The number of rotatable bonds is 5. The minimum absolute atomic E-state index is 0.169. The molecule has 0 radical (unpaired) electrons. The molecule has 1 saturated heterocycles. The molecule has 5 nitrogen and oxygen atoms in total. The summed E-state index contributed by atoms with van der Waals surface area (Å²) in [7, 11) is -3.59. The van der Waals surface area contributed by atoms with E-state index in [9.17, 15) is 13.2 Å². The highest BCUT2D eigenvalue weighted by Crippen LogP contribution is 2.25. The Bertz CT molecular complexity index is 934. The van der Waals surface area contributed by atoms with Crippen molar-refractivity contribution in [2.75, 3.05) is 13.1 Å². The molecule has 1 aliphatic rings. The SMILES string of the molecule is Cc1ccc(S(=O)(=O)N2CCC(C)CC2)cc1C(=O)N[C@H](C)c1ccccc1. The molecule has 1 amide bonds. The topological polar surface area (TPSA) is 66.5 Å². The van der Waals surface area contributed by atoms with E-state index in [2.05, 4.69) is 12.2 Å². The number of carbonyl (C=O) groups excluding carboxylic acids is 1. The van der Waals surface area contributed by atoms with E-state index < -0.39 is 10.0 Å². The van der Waals surface area contributed by atoms with Gasteiger partial charge in [0.1, 0.15) is 0 Å². The van der Waals surface area contributed by atoms with Gasteiger partial charge in [0.25, 0.3) is 5.91 Å². The maximum atomic E-state index is 13.0. The number of nitrogens with zero attached hydrogens (tertiary/aromatic N) is 1. The molecule has 1 fully saturated rings. The molecule has 2 aromatic rings. The molecule has 150 valence electrons. The zero-order valence-corrected chi connectivity index (χ0v) is 17.5. The van der Waals surface area contributed by atoms with E-state index in [0.29, 0.717) is 24.6 Å². The predicted molar refractivity (Wildman–Crippen MR) is 111 cm³/mol. The lowest BCUT2D eigenvalue weighted by Gasteiger charge is -2.29.